The van der Waals surface area contributed by atoms with Crippen molar-refractivity contribution < 1.29 is 29.1 Å². The van der Waals surface area contributed by atoms with Crippen molar-refractivity contribution in [2.75, 3.05) is 0 Å². The van der Waals surface area contributed by atoms with E-state index in [9.17, 15) is 14.8 Å². The van der Waals surface area contributed by atoms with Crippen LogP contribution in [0.2, 0.25) is 0 Å². The fraction of sp³-hybridized carbons (Fsp3) is 1.00. The first-order chi connectivity index (χ1) is 6.29. The summed E-state index contributed by atoms with van der Waals surface area (Å²) in [7, 11) is -4.50. The van der Waals surface area contributed by atoms with Crippen molar-refractivity contribution in [2.24, 2.45) is 5.92 Å². The van der Waals surface area contributed by atoms with E-state index in [4.69, 9.17) is 9.79 Å². The number of rotatable bonds is 2. The van der Waals surface area contributed by atoms with E-state index < -0.39 is 26.1 Å². The summed E-state index contributed by atoms with van der Waals surface area (Å²) in [6, 6.07) is 0. The lowest BCUT2D eigenvalue weighted by Gasteiger charge is -2.34. The molecule has 1 rings (SSSR count). The lowest BCUT2D eigenvalue weighted by Crippen LogP contribution is -2.42. The maximum atomic E-state index is 10.5. The van der Waals surface area contributed by atoms with Gasteiger partial charge in [-0.3, -0.25) is 4.52 Å². The monoisotopic (exact) mass is 226 g/mol. The van der Waals surface area contributed by atoms with E-state index >= 15 is 0 Å². The Morgan fingerprint density at radius 1 is 1.29 bits per heavy atom. The summed E-state index contributed by atoms with van der Waals surface area (Å²) in [5.41, 5.74) is 0. The molecule has 7 heteroatoms. The lowest BCUT2D eigenvalue weighted by atomic mass is 9.84. The molecule has 0 aliphatic heterocycles. The second kappa shape index (κ2) is 4.26. The van der Waals surface area contributed by atoms with E-state index in [1.165, 1.54) is 0 Å². The number of hydrogen-bond donors (Lipinski definition) is 4. The molecule has 1 fully saturated rings. The third-order valence-corrected chi connectivity index (χ3v) is 2.98. The van der Waals surface area contributed by atoms with Gasteiger partial charge in [-0.15, -0.1) is 0 Å². The van der Waals surface area contributed by atoms with Crippen LogP contribution in [0, 0.1) is 5.92 Å². The van der Waals surface area contributed by atoms with E-state index in [2.05, 4.69) is 4.52 Å². The molecule has 0 saturated heterocycles. The molecule has 0 heterocycles. The van der Waals surface area contributed by atoms with E-state index in [1.807, 2.05) is 0 Å². The highest BCUT2D eigenvalue weighted by atomic mass is 31.2. The first-order valence-electron chi connectivity index (χ1n) is 4.39. The van der Waals surface area contributed by atoms with Gasteiger partial charge < -0.3 is 20.0 Å². The van der Waals surface area contributed by atoms with Crippen molar-refractivity contribution in [3.63, 3.8) is 0 Å². The van der Waals surface area contributed by atoms with Crippen molar-refractivity contribution >= 4 is 7.82 Å². The minimum Gasteiger partial charge on any atom is -0.390 e. The average molecular weight is 226 g/mol. The third-order valence-electron chi connectivity index (χ3n) is 2.40. The lowest BCUT2D eigenvalue weighted by molar-refractivity contribution is -0.0765. The number of aliphatic hydroxyl groups excluding tert-OH is 2. The molecule has 0 bridgehead atoms. The zero-order valence-electron chi connectivity index (χ0n) is 7.78. The first kappa shape index (κ1) is 12.1. The maximum absolute atomic E-state index is 10.5. The largest absolute Gasteiger partial charge is 0.469 e. The highest BCUT2D eigenvalue weighted by molar-refractivity contribution is 7.46. The molecule has 0 spiro atoms. The quantitative estimate of drug-likeness (QED) is 0.478. The van der Waals surface area contributed by atoms with Crippen LogP contribution in [0.5, 0.6) is 0 Å². The molecule has 1 saturated carbocycles. The van der Waals surface area contributed by atoms with E-state index in [0.717, 1.165) is 0 Å². The van der Waals surface area contributed by atoms with Crippen LogP contribution in [0.15, 0.2) is 0 Å². The molecule has 0 aromatic rings. The summed E-state index contributed by atoms with van der Waals surface area (Å²) in [5.74, 6) is -0.227. The number of hydrogen-bond acceptors (Lipinski definition) is 4. The van der Waals surface area contributed by atoms with E-state index in [1.54, 1.807) is 6.92 Å². The van der Waals surface area contributed by atoms with Gasteiger partial charge in [-0.2, -0.15) is 0 Å². The normalized spacial score (nSPS) is 39.8. The topological polar surface area (TPSA) is 107 Å². The standard InChI is InChI=1S/C7H15O6P/c1-4-2-5(13-14(10,11)12)3-6(8)7(4)9/h4-9H,2-3H2,1H3,(H2,10,11,12)/t4-,5+,6-,7+/m0/s1. The van der Waals surface area contributed by atoms with Crippen molar-refractivity contribution in [1.82, 2.24) is 0 Å². The van der Waals surface area contributed by atoms with Crippen molar-refractivity contribution in [1.29, 1.82) is 0 Å². The Bertz CT molecular complexity index is 226. The van der Waals surface area contributed by atoms with Crippen LogP contribution in [0.4, 0.5) is 0 Å². The summed E-state index contributed by atoms with van der Waals surface area (Å²) in [6.07, 6.45) is -2.12. The van der Waals surface area contributed by atoms with Crippen molar-refractivity contribution in [2.45, 2.75) is 38.1 Å². The van der Waals surface area contributed by atoms with Gasteiger partial charge in [-0.05, 0) is 12.3 Å². The molecular formula is C7H15O6P. The molecule has 0 radical (unpaired) electrons. The molecule has 4 atom stereocenters. The van der Waals surface area contributed by atoms with Gasteiger partial charge in [-0.25, -0.2) is 4.57 Å². The maximum Gasteiger partial charge on any atom is 0.469 e. The van der Waals surface area contributed by atoms with Gasteiger partial charge in [0.2, 0.25) is 0 Å². The molecule has 4 N–H and O–H groups in total. The Labute approximate surface area is 81.8 Å². The SMILES string of the molecule is C[C@H]1C[C@@H](OP(=O)(O)O)C[C@H](O)[C@@H]1O. The predicted octanol–water partition coefficient (Wildman–Crippen LogP) is -0.384. The molecule has 84 valence electrons. The average Bonchev–Trinajstić information content (AvgIpc) is 1.96. The van der Waals surface area contributed by atoms with Crippen LogP contribution < -0.4 is 0 Å². The summed E-state index contributed by atoms with van der Waals surface area (Å²) >= 11 is 0. The van der Waals surface area contributed by atoms with Gasteiger partial charge in [0.05, 0.1) is 18.3 Å². The van der Waals surface area contributed by atoms with Crippen LogP contribution in [-0.2, 0) is 9.09 Å². The Morgan fingerprint density at radius 3 is 2.29 bits per heavy atom. The molecule has 1 aliphatic carbocycles. The van der Waals surface area contributed by atoms with Crippen LogP contribution in [0.1, 0.15) is 19.8 Å². The summed E-state index contributed by atoms with van der Waals surface area (Å²) in [6.45, 7) is 1.70. The zero-order chi connectivity index (χ0) is 10.9. The van der Waals surface area contributed by atoms with Gasteiger partial charge >= 0.3 is 7.82 Å². The van der Waals surface area contributed by atoms with Crippen molar-refractivity contribution in [3.05, 3.63) is 0 Å². The minimum atomic E-state index is -4.50. The summed E-state index contributed by atoms with van der Waals surface area (Å²) in [5, 5.41) is 18.7. The second-order valence-electron chi connectivity index (χ2n) is 3.72. The molecule has 0 aromatic heterocycles. The fourth-order valence-electron chi connectivity index (χ4n) is 1.72. The van der Waals surface area contributed by atoms with Gasteiger partial charge in [0, 0.05) is 6.42 Å². The van der Waals surface area contributed by atoms with Crippen LogP contribution in [0.3, 0.4) is 0 Å². The number of phosphoric ester groups is 1. The highest BCUT2D eigenvalue weighted by Crippen LogP contribution is 2.41. The van der Waals surface area contributed by atoms with E-state index in [-0.39, 0.29) is 12.3 Å². The van der Waals surface area contributed by atoms with Crippen LogP contribution >= 0.6 is 7.82 Å². The fourth-order valence-corrected chi connectivity index (χ4v) is 2.28. The van der Waals surface area contributed by atoms with Crippen LogP contribution in [0.25, 0.3) is 0 Å². The Balaban J connectivity index is 2.54. The second-order valence-corrected chi connectivity index (χ2v) is 4.92. The third kappa shape index (κ3) is 3.31. The number of phosphoric acid groups is 1. The first-order valence-corrected chi connectivity index (χ1v) is 5.92. The van der Waals surface area contributed by atoms with Gasteiger partial charge in [0.15, 0.2) is 0 Å². The molecule has 0 amide bonds. The van der Waals surface area contributed by atoms with Crippen molar-refractivity contribution in [3.8, 4) is 0 Å². The molecule has 1 aliphatic rings. The Hall–Kier alpha value is 0.0300. The Morgan fingerprint density at radius 2 is 1.86 bits per heavy atom. The summed E-state index contributed by atoms with van der Waals surface area (Å²) < 4.78 is 15.0. The summed E-state index contributed by atoms with van der Waals surface area (Å²) in [4.78, 5) is 17.1. The predicted molar refractivity (Wildman–Crippen MR) is 47.3 cm³/mol. The molecule has 6 nitrogen and oxygen atoms in total. The smallest absolute Gasteiger partial charge is 0.390 e. The highest BCUT2D eigenvalue weighted by Gasteiger charge is 2.36. The van der Waals surface area contributed by atoms with Crippen LogP contribution in [-0.4, -0.2) is 38.3 Å². The molecular weight excluding hydrogens is 211 g/mol. The van der Waals surface area contributed by atoms with Gasteiger partial charge in [0.1, 0.15) is 0 Å². The molecule has 14 heavy (non-hydrogen) atoms. The van der Waals surface area contributed by atoms with Gasteiger partial charge in [-0.1, -0.05) is 6.92 Å². The minimum absolute atomic E-state index is 0.0522. The zero-order valence-corrected chi connectivity index (χ0v) is 8.67. The Kier molecular flexibility index (Phi) is 3.69. The van der Waals surface area contributed by atoms with Gasteiger partial charge in [0.25, 0.3) is 0 Å². The molecule has 0 aromatic carbocycles. The van der Waals surface area contributed by atoms with E-state index in [0.29, 0.717) is 6.42 Å². The number of aliphatic hydroxyl groups is 2. The molecule has 0 unspecified atom stereocenters.